The summed E-state index contributed by atoms with van der Waals surface area (Å²) in [5, 5.41) is 0. The average Bonchev–Trinajstić information content (AvgIpc) is 2.96. The van der Waals surface area contributed by atoms with Crippen molar-refractivity contribution in [2.45, 2.75) is 12.8 Å². The second-order valence-corrected chi connectivity index (χ2v) is 4.50. The smallest absolute Gasteiger partial charge is 0.137 e. The highest BCUT2D eigenvalue weighted by Crippen LogP contribution is 2.19. The van der Waals surface area contributed by atoms with Crippen LogP contribution in [0.3, 0.4) is 0 Å². The molecule has 17 heavy (non-hydrogen) atoms. The number of imidazole rings is 1. The van der Waals surface area contributed by atoms with Gasteiger partial charge in [-0.1, -0.05) is 0 Å². The third-order valence-electron chi connectivity index (χ3n) is 3.23. The van der Waals surface area contributed by atoms with Crippen LogP contribution in [0.5, 0.6) is 5.75 Å². The van der Waals surface area contributed by atoms with Gasteiger partial charge in [0, 0.05) is 19.4 Å². The van der Waals surface area contributed by atoms with Crippen LogP contribution in [0.1, 0.15) is 12.1 Å². The molecule has 1 aliphatic heterocycles. The summed E-state index contributed by atoms with van der Waals surface area (Å²) in [5.41, 5.74) is 2.11. The van der Waals surface area contributed by atoms with E-state index in [4.69, 9.17) is 9.47 Å². The fraction of sp³-hybridized carbons (Fsp3) is 0.462. The zero-order valence-electron chi connectivity index (χ0n) is 9.93. The predicted molar refractivity (Wildman–Crippen MR) is 64.4 cm³/mol. The van der Waals surface area contributed by atoms with Gasteiger partial charge in [-0.05, 0) is 30.9 Å². The van der Waals surface area contributed by atoms with Gasteiger partial charge in [0.25, 0.3) is 0 Å². The molecule has 90 valence electrons. The Morgan fingerprint density at radius 1 is 1.47 bits per heavy atom. The van der Waals surface area contributed by atoms with Gasteiger partial charge in [-0.15, -0.1) is 0 Å². The lowest BCUT2D eigenvalue weighted by Gasteiger charge is -2.02. The van der Waals surface area contributed by atoms with E-state index in [0.29, 0.717) is 5.92 Å². The van der Waals surface area contributed by atoms with E-state index in [9.17, 15) is 0 Å². The van der Waals surface area contributed by atoms with Crippen molar-refractivity contribution in [1.82, 2.24) is 9.38 Å². The molecule has 3 rings (SSSR count). The molecule has 4 heteroatoms. The summed E-state index contributed by atoms with van der Waals surface area (Å²) < 4.78 is 12.6. The highest BCUT2D eigenvalue weighted by Gasteiger charge is 2.17. The van der Waals surface area contributed by atoms with Gasteiger partial charge in [0.2, 0.25) is 0 Å². The van der Waals surface area contributed by atoms with Crippen LogP contribution in [0.25, 0.3) is 5.65 Å². The summed E-state index contributed by atoms with van der Waals surface area (Å²) in [5.74, 6) is 1.48. The van der Waals surface area contributed by atoms with Crippen LogP contribution in [0.2, 0.25) is 0 Å². The van der Waals surface area contributed by atoms with Crippen molar-refractivity contribution >= 4 is 5.65 Å². The molecule has 0 N–H and O–H groups in total. The second kappa shape index (κ2) is 4.37. The molecular formula is C13H16N2O2. The third kappa shape index (κ3) is 2.13. The number of nitrogens with zero attached hydrogens (tertiary/aromatic N) is 2. The Labute approximate surface area is 100 Å². The van der Waals surface area contributed by atoms with Crippen LogP contribution in [0, 0.1) is 5.92 Å². The van der Waals surface area contributed by atoms with Crippen LogP contribution in [-0.4, -0.2) is 29.7 Å². The number of fused-ring (bicyclic) bond motifs is 1. The summed E-state index contributed by atoms with van der Waals surface area (Å²) in [6, 6.07) is 3.91. The molecule has 0 amide bonds. The Bertz CT molecular complexity index is 515. The molecule has 2 aromatic rings. The van der Waals surface area contributed by atoms with Crippen LogP contribution in [0.4, 0.5) is 0 Å². The van der Waals surface area contributed by atoms with E-state index < -0.39 is 0 Å². The molecule has 1 atom stereocenters. The molecule has 1 fully saturated rings. The van der Waals surface area contributed by atoms with E-state index in [0.717, 1.165) is 43.1 Å². The Kier molecular flexibility index (Phi) is 2.73. The number of methoxy groups -OCH3 is 1. The van der Waals surface area contributed by atoms with E-state index in [1.54, 1.807) is 7.11 Å². The Hall–Kier alpha value is -1.55. The van der Waals surface area contributed by atoms with Crippen molar-refractivity contribution in [3.05, 3.63) is 30.2 Å². The first-order valence-corrected chi connectivity index (χ1v) is 5.94. The lowest BCUT2D eigenvalue weighted by molar-refractivity contribution is 0.185. The summed E-state index contributed by atoms with van der Waals surface area (Å²) in [4.78, 5) is 4.60. The largest absolute Gasteiger partial charge is 0.495 e. The van der Waals surface area contributed by atoms with E-state index in [2.05, 4.69) is 11.2 Å². The normalized spacial score (nSPS) is 19.9. The average molecular weight is 232 g/mol. The molecule has 0 radical (unpaired) electrons. The van der Waals surface area contributed by atoms with Gasteiger partial charge in [-0.3, -0.25) is 0 Å². The minimum atomic E-state index is 0.627. The molecule has 3 heterocycles. The minimum absolute atomic E-state index is 0.627. The van der Waals surface area contributed by atoms with Crippen molar-refractivity contribution in [3.63, 3.8) is 0 Å². The maximum Gasteiger partial charge on any atom is 0.137 e. The molecule has 1 aliphatic rings. The van der Waals surface area contributed by atoms with Gasteiger partial charge in [0.05, 0.1) is 19.0 Å². The van der Waals surface area contributed by atoms with Crippen molar-refractivity contribution in [3.8, 4) is 5.75 Å². The first-order valence-electron chi connectivity index (χ1n) is 5.94. The van der Waals surface area contributed by atoms with Gasteiger partial charge in [0.15, 0.2) is 0 Å². The molecule has 0 aromatic carbocycles. The van der Waals surface area contributed by atoms with Crippen molar-refractivity contribution in [1.29, 1.82) is 0 Å². The third-order valence-corrected chi connectivity index (χ3v) is 3.23. The monoisotopic (exact) mass is 232 g/mol. The predicted octanol–water partition coefficient (Wildman–Crippen LogP) is 1.92. The Balaban J connectivity index is 1.85. The Morgan fingerprint density at radius 3 is 3.18 bits per heavy atom. The summed E-state index contributed by atoms with van der Waals surface area (Å²) in [6.07, 6.45) is 6.19. The van der Waals surface area contributed by atoms with E-state index in [1.165, 1.54) is 0 Å². The van der Waals surface area contributed by atoms with Crippen molar-refractivity contribution in [2.24, 2.45) is 5.92 Å². The van der Waals surface area contributed by atoms with Crippen LogP contribution >= 0.6 is 0 Å². The van der Waals surface area contributed by atoms with Crippen molar-refractivity contribution in [2.75, 3.05) is 20.3 Å². The SMILES string of the molecule is COc1ccc2nc(CC3CCOC3)cn2c1. The molecule has 1 saturated heterocycles. The summed E-state index contributed by atoms with van der Waals surface area (Å²) in [7, 11) is 1.68. The van der Waals surface area contributed by atoms with E-state index >= 15 is 0 Å². The molecular weight excluding hydrogens is 216 g/mol. The van der Waals surface area contributed by atoms with Crippen LogP contribution in [-0.2, 0) is 11.2 Å². The van der Waals surface area contributed by atoms with E-state index in [1.807, 2.05) is 22.7 Å². The number of ether oxygens (including phenoxy) is 2. The second-order valence-electron chi connectivity index (χ2n) is 4.50. The van der Waals surface area contributed by atoms with Crippen LogP contribution < -0.4 is 4.74 Å². The van der Waals surface area contributed by atoms with Gasteiger partial charge in [0.1, 0.15) is 11.4 Å². The molecule has 2 aromatic heterocycles. The first kappa shape index (κ1) is 10.6. The zero-order chi connectivity index (χ0) is 11.7. The maximum absolute atomic E-state index is 5.39. The minimum Gasteiger partial charge on any atom is -0.495 e. The highest BCUT2D eigenvalue weighted by molar-refractivity contribution is 5.43. The van der Waals surface area contributed by atoms with Gasteiger partial charge in [-0.25, -0.2) is 4.98 Å². The zero-order valence-corrected chi connectivity index (χ0v) is 9.93. The molecule has 0 bridgehead atoms. The standard InChI is InChI=1S/C13H16N2O2/c1-16-12-2-3-13-14-11(7-15(13)8-12)6-10-4-5-17-9-10/h2-3,7-8,10H,4-6,9H2,1H3. The fourth-order valence-corrected chi connectivity index (χ4v) is 2.28. The topological polar surface area (TPSA) is 35.8 Å². The Morgan fingerprint density at radius 2 is 2.41 bits per heavy atom. The molecule has 4 nitrogen and oxygen atoms in total. The molecule has 0 aliphatic carbocycles. The van der Waals surface area contributed by atoms with E-state index in [-0.39, 0.29) is 0 Å². The van der Waals surface area contributed by atoms with Crippen molar-refractivity contribution < 1.29 is 9.47 Å². The number of rotatable bonds is 3. The number of hydrogen-bond acceptors (Lipinski definition) is 3. The van der Waals surface area contributed by atoms with Gasteiger partial charge < -0.3 is 13.9 Å². The quantitative estimate of drug-likeness (QED) is 0.811. The lowest BCUT2D eigenvalue weighted by Crippen LogP contribution is -2.03. The number of aromatic nitrogens is 2. The van der Waals surface area contributed by atoms with Gasteiger partial charge in [-0.2, -0.15) is 0 Å². The first-order chi connectivity index (χ1) is 8.35. The summed E-state index contributed by atoms with van der Waals surface area (Å²) in [6.45, 7) is 1.77. The molecule has 0 saturated carbocycles. The summed E-state index contributed by atoms with van der Waals surface area (Å²) >= 11 is 0. The number of pyridine rings is 1. The molecule has 0 spiro atoms. The lowest BCUT2D eigenvalue weighted by atomic mass is 10.0. The maximum atomic E-state index is 5.39. The molecule has 1 unspecified atom stereocenters. The van der Waals surface area contributed by atoms with Gasteiger partial charge >= 0.3 is 0 Å². The number of hydrogen-bond donors (Lipinski definition) is 0. The van der Waals surface area contributed by atoms with Crippen LogP contribution in [0.15, 0.2) is 24.5 Å². The highest BCUT2D eigenvalue weighted by atomic mass is 16.5. The fourth-order valence-electron chi connectivity index (χ4n) is 2.28.